The summed E-state index contributed by atoms with van der Waals surface area (Å²) in [4.78, 5) is 12.3. The van der Waals surface area contributed by atoms with Gasteiger partial charge in [0.1, 0.15) is 18.1 Å². The Morgan fingerprint density at radius 3 is 2.93 bits per heavy atom. The SMILES string of the molecule is CCn1ncc(Br)c1CNC(=O)c1ccc(COc2c(C)cccc2Cl)o1. The lowest BCUT2D eigenvalue weighted by atomic mass is 10.2. The largest absolute Gasteiger partial charge is 0.484 e. The van der Waals surface area contributed by atoms with Crippen LogP contribution in [0.15, 0.2) is 45.4 Å². The van der Waals surface area contributed by atoms with Crippen molar-refractivity contribution in [1.82, 2.24) is 15.1 Å². The zero-order valence-corrected chi connectivity index (χ0v) is 17.3. The lowest BCUT2D eigenvalue weighted by molar-refractivity contribution is 0.0918. The molecule has 6 nitrogen and oxygen atoms in total. The molecule has 0 aliphatic rings. The van der Waals surface area contributed by atoms with Gasteiger partial charge in [-0.25, -0.2) is 0 Å². The molecule has 0 saturated carbocycles. The van der Waals surface area contributed by atoms with Crippen LogP contribution in [0.1, 0.15) is 34.5 Å². The van der Waals surface area contributed by atoms with Crippen molar-refractivity contribution in [3.63, 3.8) is 0 Å². The van der Waals surface area contributed by atoms with E-state index in [2.05, 4.69) is 26.3 Å². The number of ether oxygens (including phenoxy) is 1. The number of carbonyl (C=O) groups is 1. The average molecular weight is 453 g/mol. The fraction of sp³-hybridized carbons (Fsp3) is 0.263. The first-order chi connectivity index (χ1) is 13.0. The summed E-state index contributed by atoms with van der Waals surface area (Å²) in [5.41, 5.74) is 1.83. The quantitative estimate of drug-likeness (QED) is 0.563. The summed E-state index contributed by atoms with van der Waals surface area (Å²) in [7, 11) is 0. The molecule has 0 radical (unpaired) electrons. The van der Waals surface area contributed by atoms with Crippen molar-refractivity contribution < 1.29 is 13.9 Å². The van der Waals surface area contributed by atoms with Gasteiger partial charge in [-0.05, 0) is 53.5 Å². The van der Waals surface area contributed by atoms with Gasteiger partial charge < -0.3 is 14.5 Å². The third-order valence-electron chi connectivity index (χ3n) is 4.02. The number of hydrogen-bond acceptors (Lipinski definition) is 4. The molecular weight excluding hydrogens is 434 g/mol. The van der Waals surface area contributed by atoms with Crippen LogP contribution in [0.25, 0.3) is 0 Å². The molecule has 0 atom stereocenters. The number of nitrogens with zero attached hydrogens (tertiary/aromatic N) is 2. The smallest absolute Gasteiger partial charge is 0.287 e. The van der Waals surface area contributed by atoms with Gasteiger partial charge in [0.05, 0.1) is 27.9 Å². The lowest BCUT2D eigenvalue weighted by Gasteiger charge is -2.09. The third-order valence-corrected chi connectivity index (χ3v) is 4.98. The maximum atomic E-state index is 12.3. The second-order valence-corrected chi connectivity index (χ2v) is 7.14. The number of benzene rings is 1. The highest BCUT2D eigenvalue weighted by molar-refractivity contribution is 9.10. The van der Waals surface area contributed by atoms with Crippen molar-refractivity contribution in [2.45, 2.75) is 33.5 Å². The molecule has 3 rings (SSSR count). The van der Waals surface area contributed by atoms with E-state index in [9.17, 15) is 4.79 Å². The Labute approximate surface area is 170 Å². The van der Waals surface area contributed by atoms with Gasteiger partial charge >= 0.3 is 0 Å². The van der Waals surface area contributed by atoms with E-state index in [1.807, 2.05) is 30.7 Å². The average Bonchev–Trinajstić information content (AvgIpc) is 3.26. The third kappa shape index (κ3) is 4.54. The van der Waals surface area contributed by atoms with Crippen LogP contribution in [0.4, 0.5) is 0 Å². The maximum absolute atomic E-state index is 12.3. The Balaban J connectivity index is 1.60. The van der Waals surface area contributed by atoms with Gasteiger partial charge in [0.15, 0.2) is 5.76 Å². The summed E-state index contributed by atoms with van der Waals surface area (Å²) in [5.74, 6) is 1.08. The molecule has 0 bridgehead atoms. The van der Waals surface area contributed by atoms with Crippen LogP contribution < -0.4 is 10.1 Å². The lowest BCUT2D eigenvalue weighted by Crippen LogP contribution is -2.24. The molecule has 3 aromatic rings. The minimum Gasteiger partial charge on any atom is -0.484 e. The van der Waals surface area contributed by atoms with E-state index in [0.717, 1.165) is 22.3 Å². The van der Waals surface area contributed by atoms with Gasteiger partial charge in [-0.2, -0.15) is 5.10 Å². The molecule has 27 heavy (non-hydrogen) atoms. The van der Waals surface area contributed by atoms with Gasteiger partial charge in [0.2, 0.25) is 0 Å². The number of aryl methyl sites for hydroxylation is 2. The molecule has 1 amide bonds. The Kier molecular flexibility index (Phi) is 6.23. The molecule has 0 aliphatic carbocycles. The minimum absolute atomic E-state index is 0.187. The van der Waals surface area contributed by atoms with Gasteiger partial charge in [-0.1, -0.05) is 23.7 Å². The first kappa shape index (κ1) is 19.5. The molecule has 2 heterocycles. The van der Waals surface area contributed by atoms with Gasteiger partial charge in [-0.15, -0.1) is 0 Å². The van der Waals surface area contributed by atoms with Crippen LogP contribution in [-0.2, 0) is 19.7 Å². The van der Waals surface area contributed by atoms with Crippen LogP contribution >= 0.6 is 27.5 Å². The van der Waals surface area contributed by atoms with E-state index >= 15 is 0 Å². The van der Waals surface area contributed by atoms with Gasteiger partial charge in [0.25, 0.3) is 5.91 Å². The molecule has 1 N–H and O–H groups in total. The van der Waals surface area contributed by atoms with E-state index in [0.29, 0.717) is 23.1 Å². The number of para-hydroxylation sites is 1. The zero-order valence-electron chi connectivity index (χ0n) is 15.0. The minimum atomic E-state index is -0.300. The number of hydrogen-bond donors (Lipinski definition) is 1. The highest BCUT2D eigenvalue weighted by atomic mass is 79.9. The number of carbonyl (C=O) groups excluding carboxylic acids is 1. The Hall–Kier alpha value is -2.25. The monoisotopic (exact) mass is 451 g/mol. The molecule has 0 aliphatic heterocycles. The van der Waals surface area contributed by atoms with Crippen LogP contribution in [0.2, 0.25) is 5.02 Å². The summed E-state index contributed by atoms with van der Waals surface area (Å²) in [6.45, 7) is 5.16. The van der Waals surface area contributed by atoms with Crippen molar-refractivity contribution in [3.8, 4) is 5.75 Å². The number of aromatic nitrogens is 2. The van der Waals surface area contributed by atoms with E-state index in [1.54, 1.807) is 24.4 Å². The van der Waals surface area contributed by atoms with Crippen molar-refractivity contribution >= 4 is 33.4 Å². The molecule has 0 saturated heterocycles. The van der Waals surface area contributed by atoms with E-state index < -0.39 is 0 Å². The standard InChI is InChI=1S/C19H19BrClN3O3/c1-3-24-16(14(20)9-23-24)10-22-19(25)17-8-7-13(27-17)11-26-18-12(2)5-4-6-15(18)21/h4-9H,3,10-11H2,1-2H3,(H,22,25). The zero-order chi connectivity index (χ0) is 19.4. The second-order valence-electron chi connectivity index (χ2n) is 5.88. The number of nitrogens with one attached hydrogen (secondary N) is 1. The van der Waals surface area contributed by atoms with E-state index in [1.165, 1.54) is 0 Å². The number of rotatable bonds is 7. The molecule has 1 aromatic carbocycles. The second kappa shape index (κ2) is 8.63. The summed E-state index contributed by atoms with van der Waals surface area (Å²) >= 11 is 9.59. The highest BCUT2D eigenvalue weighted by Gasteiger charge is 2.14. The molecule has 8 heteroatoms. The van der Waals surface area contributed by atoms with Crippen LogP contribution in [0.5, 0.6) is 5.75 Å². The first-order valence-electron chi connectivity index (χ1n) is 8.44. The van der Waals surface area contributed by atoms with Crippen LogP contribution in [-0.4, -0.2) is 15.7 Å². The van der Waals surface area contributed by atoms with Gasteiger partial charge in [0, 0.05) is 6.54 Å². The van der Waals surface area contributed by atoms with Crippen LogP contribution in [0, 0.1) is 6.92 Å². The van der Waals surface area contributed by atoms with Gasteiger partial charge in [-0.3, -0.25) is 9.48 Å². The highest BCUT2D eigenvalue weighted by Crippen LogP contribution is 2.28. The van der Waals surface area contributed by atoms with Crippen LogP contribution in [0.3, 0.4) is 0 Å². The normalized spacial score (nSPS) is 10.8. The number of amides is 1. The summed E-state index contributed by atoms with van der Waals surface area (Å²) in [6, 6.07) is 8.89. The number of furan rings is 1. The predicted octanol–water partition coefficient (Wildman–Crippen LogP) is 4.73. The van der Waals surface area contributed by atoms with Crippen molar-refractivity contribution in [3.05, 3.63) is 68.8 Å². The molecule has 142 valence electrons. The fourth-order valence-electron chi connectivity index (χ4n) is 2.61. The Morgan fingerprint density at radius 2 is 2.19 bits per heavy atom. The topological polar surface area (TPSA) is 69.3 Å². The molecule has 0 unspecified atom stereocenters. The Morgan fingerprint density at radius 1 is 1.37 bits per heavy atom. The first-order valence-corrected chi connectivity index (χ1v) is 9.61. The van der Waals surface area contributed by atoms with Crippen molar-refractivity contribution in [2.75, 3.05) is 0 Å². The van der Waals surface area contributed by atoms with Crippen molar-refractivity contribution in [2.24, 2.45) is 0 Å². The summed E-state index contributed by atoms with van der Waals surface area (Å²) in [6.07, 6.45) is 1.71. The van der Waals surface area contributed by atoms with E-state index in [-0.39, 0.29) is 18.3 Å². The molecule has 0 spiro atoms. The summed E-state index contributed by atoms with van der Waals surface area (Å²) < 4.78 is 14.0. The van der Waals surface area contributed by atoms with E-state index in [4.69, 9.17) is 20.8 Å². The maximum Gasteiger partial charge on any atom is 0.287 e. The number of halogens is 2. The molecule has 0 fully saturated rings. The molecular formula is C19H19BrClN3O3. The predicted molar refractivity (Wildman–Crippen MR) is 106 cm³/mol. The van der Waals surface area contributed by atoms with Crippen molar-refractivity contribution in [1.29, 1.82) is 0 Å². The molecule has 2 aromatic heterocycles. The fourth-order valence-corrected chi connectivity index (χ4v) is 3.32. The Bertz CT molecular complexity index is 931. The summed E-state index contributed by atoms with van der Waals surface area (Å²) in [5, 5.41) is 7.60.